The molecule has 1 aliphatic rings. The van der Waals surface area contributed by atoms with Crippen LogP contribution < -0.4 is 4.67 Å². The van der Waals surface area contributed by atoms with Crippen LogP contribution in [0, 0.1) is 0 Å². The van der Waals surface area contributed by atoms with Gasteiger partial charge in [-0.05, 0) is 22.9 Å². The second kappa shape index (κ2) is 2.32. The van der Waals surface area contributed by atoms with Gasteiger partial charge in [0.05, 0.1) is 11.1 Å². The van der Waals surface area contributed by atoms with Crippen LogP contribution in [0.3, 0.4) is 0 Å². The van der Waals surface area contributed by atoms with Gasteiger partial charge < -0.3 is 0 Å². The van der Waals surface area contributed by atoms with E-state index in [9.17, 15) is 0 Å². The summed E-state index contributed by atoms with van der Waals surface area (Å²) in [6, 6.07) is 12.7. The molecular weight excluding hydrogens is 158 g/mol. The van der Waals surface area contributed by atoms with Crippen molar-refractivity contribution in [3.05, 3.63) is 47.5 Å². The Labute approximate surface area is 76.1 Å². The predicted octanol–water partition coefficient (Wildman–Crippen LogP) is 1.76. The maximum Gasteiger partial charge on any atom is 0.300 e. The minimum Gasteiger partial charge on any atom is -0.0996 e. The van der Waals surface area contributed by atoms with E-state index >= 15 is 0 Å². The number of rotatable bonds is 0. The molecule has 0 saturated heterocycles. The van der Waals surface area contributed by atoms with E-state index in [1.165, 1.54) is 21.9 Å². The topological polar surface area (TPSA) is 14.1 Å². The summed E-state index contributed by atoms with van der Waals surface area (Å²) >= 11 is 0. The fourth-order valence-electron chi connectivity index (χ4n) is 1.70. The zero-order chi connectivity index (χ0) is 8.67. The minimum absolute atomic E-state index is 1.22. The van der Waals surface area contributed by atoms with E-state index in [0.717, 1.165) is 0 Å². The van der Waals surface area contributed by atoms with E-state index in [0.29, 0.717) is 0 Å². The van der Waals surface area contributed by atoms with E-state index in [2.05, 4.69) is 41.1 Å². The van der Waals surface area contributed by atoms with E-state index in [1.807, 2.05) is 12.4 Å². The van der Waals surface area contributed by atoms with Crippen molar-refractivity contribution in [1.29, 1.82) is 0 Å². The Balaban J connectivity index is 2.45. The van der Waals surface area contributed by atoms with E-state index in [1.54, 1.807) is 0 Å². The van der Waals surface area contributed by atoms with Gasteiger partial charge in [0.1, 0.15) is 0 Å². The van der Waals surface area contributed by atoms with Crippen LogP contribution in [0.25, 0.3) is 10.8 Å². The van der Waals surface area contributed by atoms with Gasteiger partial charge in [-0.2, -0.15) is 0 Å². The number of nitrogens with zero attached hydrogens (tertiary/aromatic N) is 1. The first kappa shape index (κ1) is 6.64. The highest BCUT2D eigenvalue weighted by Crippen LogP contribution is 2.18. The maximum atomic E-state index is 4.12. The molecule has 0 N–H and O–H groups in total. The lowest BCUT2D eigenvalue weighted by Crippen LogP contribution is -1.85. The fraction of sp³-hybridized carbons (Fsp3) is 0. The third-order valence-corrected chi connectivity index (χ3v) is 2.38. The molecule has 1 heteroatoms. The van der Waals surface area contributed by atoms with Crippen molar-refractivity contribution >= 4 is 23.2 Å². The second-order valence-corrected chi connectivity index (χ2v) is 3.24. The van der Waals surface area contributed by atoms with E-state index in [-0.39, 0.29) is 0 Å². The monoisotopic (exact) mass is 166 g/mol. The zero-order valence-corrected chi connectivity index (χ0v) is 7.07. The van der Waals surface area contributed by atoms with Crippen molar-refractivity contribution in [2.75, 3.05) is 0 Å². The van der Waals surface area contributed by atoms with Gasteiger partial charge >= 0.3 is 12.4 Å². The second-order valence-electron chi connectivity index (χ2n) is 3.24. The Kier molecular flexibility index (Phi) is 1.18. The quantitative estimate of drug-likeness (QED) is 0.452. The molecule has 0 spiro atoms. The molecule has 3 rings (SSSR count). The van der Waals surface area contributed by atoms with Gasteiger partial charge in [0.25, 0.3) is 0 Å². The molecule has 0 aromatic heterocycles. The van der Waals surface area contributed by atoms with Crippen LogP contribution in [0.4, 0.5) is 0 Å². The average Bonchev–Trinajstić information content (AvgIpc) is 2.61. The van der Waals surface area contributed by atoms with Crippen LogP contribution in [0.2, 0.25) is 0 Å². The van der Waals surface area contributed by atoms with E-state index in [4.69, 9.17) is 0 Å². The first-order chi connectivity index (χ1) is 6.43. The molecule has 0 aliphatic carbocycles. The summed E-state index contributed by atoms with van der Waals surface area (Å²) in [6.45, 7) is 0. The molecule has 1 aliphatic heterocycles. The van der Waals surface area contributed by atoms with Crippen molar-refractivity contribution in [2.24, 2.45) is 0 Å². The molecule has 2 aromatic carbocycles. The molecule has 60 valence electrons. The molecule has 13 heavy (non-hydrogen) atoms. The summed E-state index contributed by atoms with van der Waals surface area (Å²) in [5.74, 6) is 0. The number of benzene rings is 2. The Hall–Kier alpha value is -1.85. The number of hydrogen-bond acceptors (Lipinski definition) is 0. The molecular formula is C12H8N+. The Morgan fingerprint density at radius 1 is 0.769 bits per heavy atom. The largest absolute Gasteiger partial charge is 0.300 e. The zero-order valence-electron chi connectivity index (χ0n) is 7.07. The van der Waals surface area contributed by atoms with Crippen molar-refractivity contribution in [3.8, 4) is 0 Å². The lowest BCUT2D eigenvalue weighted by Gasteiger charge is -1.97. The van der Waals surface area contributed by atoms with E-state index < -0.39 is 0 Å². The Morgan fingerprint density at radius 3 is 1.85 bits per heavy atom. The highest BCUT2D eigenvalue weighted by molar-refractivity contribution is 6.05. The third-order valence-electron chi connectivity index (χ3n) is 2.38. The summed E-state index contributed by atoms with van der Waals surface area (Å²) in [6.07, 6.45) is 3.81. The van der Waals surface area contributed by atoms with Crippen LogP contribution in [-0.4, -0.2) is 12.4 Å². The van der Waals surface area contributed by atoms with Crippen LogP contribution in [0.5, 0.6) is 0 Å². The normalized spacial score (nSPS) is 12.3. The number of fused-ring (bicyclic) bond motifs is 2. The molecule has 0 fully saturated rings. The van der Waals surface area contributed by atoms with Gasteiger partial charge in [0, 0.05) is 0 Å². The minimum atomic E-state index is 1.22. The van der Waals surface area contributed by atoms with Gasteiger partial charge in [0.2, 0.25) is 0 Å². The van der Waals surface area contributed by atoms with Gasteiger partial charge in [-0.1, -0.05) is 28.9 Å². The third kappa shape index (κ3) is 0.915. The van der Waals surface area contributed by atoms with Crippen LogP contribution in [-0.2, 0) is 0 Å². The highest BCUT2D eigenvalue weighted by atomic mass is 14.6. The molecule has 0 atom stereocenters. The van der Waals surface area contributed by atoms with Crippen molar-refractivity contribution in [3.63, 3.8) is 0 Å². The SMILES string of the molecule is C1=[N+]=Cc2cc3ccccc3cc21. The summed E-state index contributed by atoms with van der Waals surface area (Å²) < 4.78 is 4.12. The van der Waals surface area contributed by atoms with Gasteiger partial charge in [-0.15, -0.1) is 0 Å². The van der Waals surface area contributed by atoms with Crippen LogP contribution >= 0.6 is 0 Å². The predicted molar refractivity (Wildman–Crippen MR) is 56.4 cm³/mol. The molecule has 1 heterocycles. The molecule has 2 aromatic rings. The van der Waals surface area contributed by atoms with Crippen molar-refractivity contribution in [1.82, 2.24) is 4.67 Å². The highest BCUT2D eigenvalue weighted by Gasteiger charge is 2.11. The van der Waals surface area contributed by atoms with Crippen LogP contribution in [0.1, 0.15) is 11.1 Å². The Morgan fingerprint density at radius 2 is 1.31 bits per heavy atom. The lowest BCUT2D eigenvalue weighted by atomic mass is 10.0. The molecule has 0 saturated carbocycles. The summed E-state index contributed by atoms with van der Waals surface area (Å²) in [5, 5.41) is 2.56. The van der Waals surface area contributed by atoms with Gasteiger partial charge in [0.15, 0.2) is 0 Å². The maximum absolute atomic E-state index is 4.12. The Bertz CT molecular complexity index is 500. The average molecular weight is 166 g/mol. The van der Waals surface area contributed by atoms with Crippen molar-refractivity contribution < 1.29 is 0 Å². The smallest absolute Gasteiger partial charge is 0.0996 e. The van der Waals surface area contributed by atoms with Crippen LogP contribution in [0.15, 0.2) is 36.4 Å². The molecule has 0 bridgehead atoms. The summed E-state index contributed by atoms with van der Waals surface area (Å²) in [7, 11) is 0. The molecule has 0 amide bonds. The molecule has 0 unspecified atom stereocenters. The molecule has 0 radical (unpaired) electrons. The van der Waals surface area contributed by atoms with Gasteiger partial charge in [-0.3, -0.25) is 0 Å². The van der Waals surface area contributed by atoms with Crippen molar-refractivity contribution in [2.45, 2.75) is 0 Å². The lowest BCUT2D eigenvalue weighted by molar-refractivity contribution is 1.71. The number of hydrogen-bond donors (Lipinski definition) is 0. The fourth-order valence-corrected chi connectivity index (χ4v) is 1.70. The first-order valence-electron chi connectivity index (χ1n) is 4.33. The van der Waals surface area contributed by atoms with Gasteiger partial charge in [-0.25, -0.2) is 0 Å². The molecule has 1 nitrogen and oxygen atoms in total. The summed E-state index contributed by atoms with van der Waals surface area (Å²) in [4.78, 5) is 0. The standard InChI is InChI=1S/C12H8N/c1-2-4-10-6-12-8-13-7-11(12)5-9(10)3-1/h1-8H/q+1. The summed E-state index contributed by atoms with van der Waals surface area (Å²) in [5.41, 5.74) is 2.44. The first-order valence-corrected chi connectivity index (χ1v) is 4.33.